The molecule has 3 heterocycles. The Balaban J connectivity index is 1.49. The van der Waals surface area contributed by atoms with Crippen molar-refractivity contribution in [1.82, 2.24) is 19.6 Å². The lowest BCUT2D eigenvalue weighted by Gasteiger charge is -2.36. The summed E-state index contributed by atoms with van der Waals surface area (Å²) in [5.74, 6) is 0.0772. The molecule has 6 nitrogen and oxygen atoms in total. The van der Waals surface area contributed by atoms with Crippen molar-refractivity contribution in [2.24, 2.45) is 0 Å². The fourth-order valence-corrected chi connectivity index (χ4v) is 4.11. The molecule has 1 fully saturated rings. The third-order valence-corrected chi connectivity index (χ3v) is 5.49. The van der Waals surface area contributed by atoms with E-state index in [9.17, 15) is 9.18 Å². The van der Waals surface area contributed by atoms with Gasteiger partial charge in [0, 0.05) is 30.9 Å². The minimum atomic E-state index is -0.365. The second-order valence-electron chi connectivity index (χ2n) is 7.34. The first-order valence-corrected chi connectivity index (χ1v) is 9.49. The summed E-state index contributed by atoms with van der Waals surface area (Å²) in [5, 5.41) is 4.49. The van der Waals surface area contributed by atoms with Crippen LogP contribution in [0.5, 0.6) is 5.75 Å². The fourth-order valence-electron chi connectivity index (χ4n) is 4.11. The van der Waals surface area contributed by atoms with E-state index < -0.39 is 0 Å². The molecular formula is C20H25FN4O2. The van der Waals surface area contributed by atoms with Gasteiger partial charge in [0.25, 0.3) is 0 Å². The Morgan fingerprint density at radius 2 is 2.11 bits per heavy atom. The number of rotatable bonds is 5. The molecule has 0 bridgehead atoms. The first kappa shape index (κ1) is 18.0. The molecule has 2 aliphatic heterocycles. The predicted octanol–water partition coefficient (Wildman–Crippen LogP) is 2.25. The number of carbonyl (C=O) groups is 1. The first-order valence-electron chi connectivity index (χ1n) is 9.49. The van der Waals surface area contributed by atoms with Gasteiger partial charge in [-0.1, -0.05) is 6.07 Å². The van der Waals surface area contributed by atoms with Crippen molar-refractivity contribution in [1.29, 1.82) is 0 Å². The summed E-state index contributed by atoms with van der Waals surface area (Å²) in [5.41, 5.74) is 1.77. The molecule has 27 heavy (non-hydrogen) atoms. The van der Waals surface area contributed by atoms with Gasteiger partial charge < -0.3 is 14.5 Å². The van der Waals surface area contributed by atoms with Crippen molar-refractivity contribution in [2.75, 3.05) is 33.3 Å². The number of halogens is 1. The Labute approximate surface area is 158 Å². The zero-order valence-corrected chi connectivity index (χ0v) is 15.6. The number of carbonyl (C=O) groups excluding carboxylic acids is 1. The van der Waals surface area contributed by atoms with Gasteiger partial charge >= 0.3 is 0 Å². The molecule has 1 aromatic heterocycles. The standard InChI is InChI=1S/C20H25FN4O2/c1-27-19-11-16(21)5-4-15(19)10-20(26)24-13-17-6-7-22-25(17)18(14-24)12-23-8-2-3-9-23/h4-7,11,18H,2-3,8-10,12-14H2,1H3/t18-/m1/s1. The maximum absolute atomic E-state index is 13.4. The topological polar surface area (TPSA) is 50.6 Å². The molecule has 4 rings (SSSR count). The van der Waals surface area contributed by atoms with Crippen LogP contribution >= 0.6 is 0 Å². The van der Waals surface area contributed by atoms with Crippen LogP contribution in [0.15, 0.2) is 30.5 Å². The molecule has 0 saturated carbocycles. The van der Waals surface area contributed by atoms with E-state index >= 15 is 0 Å². The minimum absolute atomic E-state index is 0.0266. The number of benzene rings is 1. The number of methoxy groups -OCH3 is 1. The lowest BCUT2D eigenvalue weighted by Crippen LogP contribution is -2.45. The molecule has 0 unspecified atom stereocenters. The molecule has 1 saturated heterocycles. The van der Waals surface area contributed by atoms with Crippen LogP contribution in [-0.4, -0.2) is 58.8 Å². The van der Waals surface area contributed by atoms with Gasteiger partial charge in [0.2, 0.25) is 5.91 Å². The third-order valence-electron chi connectivity index (χ3n) is 5.49. The van der Waals surface area contributed by atoms with E-state index in [1.807, 2.05) is 17.2 Å². The molecule has 1 atom stereocenters. The summed E-state index contributed by atoms with van der Waals surface area (Å²) in [7, 11) is 1.49. The normalized spacial score (nSPS) is 19.9. The molecule has 7 heteroatoms. The molecule has 144 valence electrons. The Bertz CT molecular complexity index is 816. The lowest BCUT2D eigenvalue weighted by molar-refractivity contribution is -0.132. The summed E-state index contributed by atoms with van der Waals surface area (Å²) in [6, 6.07) is 6.47. The zero-order valence-electron chi connectivity index (χ0n) is 15.6. The van der Waals surface area contributed by atoms with Gasteiger partial charge in [-0.15, -0.1) is 0 Å². The summed E-state index contributed by atoms with van der Waals surface area (Å²) in [4.78, 5) is 17.3. The van der Waals surface area contributed by atoms with Crippen LogP contribution in [-0.2, 0) is 17.8 Å². The highest BCUT2D eigenvalue weighted by Gasteiger charge is 2.30. The van der Waals surface area contributed by atoms with Gasteiger partial charge in [0.1, 0.15) is 11.6 Å². The van der Waals surface area contributed by atoms with Crippen LogP contribution in [0.4, 0.5) is 4.39 Å². The van der Waals surface area contributed by atoms with E-state index in [4.69, 9.17) is 4.74 Å². The van der Waals surface area contributed by atoms with Crippen LogP contribution in [0.3, 0.4) is 0 Å². The maximum Gasteiger partial charge on any atom is 0.227 e. The second-order valence-corrected chi connectivity index (χ2v) is 7.34. The first-order chi connectivity index (χ1) is 13.1. The van der Waals surface area contributed by atoms with Gasteiger partial charge in [-0.2, -0.15) is 5.10 Å². The number of hydrogen-bond acceptors (Lipinski definition) is 4. The van der Waals surface area contributed by atoms with Crippen LogP contribution in [0.25, 0.3) is 0 Å². The number of fused-ring (bicyclic) bond motifs is 1. The second kappa shape index (κ2) is 7.68. The Kier molecular flexibility index (Phi) is 5.11. The lowest BCUT2D eigenvalue weighted by atomic mass is 10.1. The quantitative estimate of drug-likeness (QED) is 0.808. The van der Waals surface area contributed by atoms with Crippen LogP contribution in [0, 0.1) is 5.82 Å². The van der Waals surface area contributed by atoms with E-state index in [1.165, 1.54) is 32.1 Å². The highest BCUT2D eigenvalue weighted by molar-refractivity contribution is 5.79. The van der Waals surface area contributed by atoms with Gasteiger partial charge in [-0.05, 0) is 38.1 Å². The maximum atomic E-state index is 13.4. The average molecular weight is 372 g/mol. The number of aromatic nitrogens is 2. The molecule has 0 aliphatic carbocycles. The average Bonchev–Trinajstić information content (AvgIpc) is 3.34. The third kappa shape index (κ3) is 3.83. The summed E-state index contributed by atoms with van der Waals surface area (Å²) in [6.07, 6.45) is 4.49. The molecule has 1 amide bonds. The van der Waals surface area contributed by atoms with E-state index in [-0.39, 0.29) is 24.2 Å². The molecule has 0 N–H and O–H groups in total. The predicted molar refractivity (Wildman–Crippen MR) is 99.0 cm³/mol. The summed E-state index contributed by atoms with van der Waals surface area (Å²) < 4.78 is 20.7. The van der Waals surface area contributed by atoms with Gasteiger partial charge in [0.15, 0.2) is 0 Å². The fraction of sp³-hybridized carbons (Fsp3) is 0.500. The Morgan fingerprint density at radius 1 is 1.30 bits per heavy atom. The molecule has 0 spiro atoms. The monoisotopic (exact) mass is 372 g/mol. The Morgan fingerprint density at radius 3 is 2.89 bits per heavy atom. The van der Waals surface area contributed by atoms with Crippen molar-refractivity contribution < 1.29 is 13.9 Å². The largest absolute Gasteiger partial charge is 0.496 e. The van der Waals surface area contributed by atoms with Crippen molar-refractivity contribution >= 4 is 5.91 Å². The Hall–Kier alpha value is -2.41. The van der Waals surface area contributed by atoms with Crippen molar-refractivity contribution in [3.8, 4) is 5.75 Å². The SMILES string of the molecule is COc1cc(F)ccc1CC(=O)N1Cc2ccnn2[C@H](CN2CCCC2)C1. The van der Waals surface area contributed by atoms with Crippen LogP contribution in [0.1, 0.15) is 30.1 Å². The zero-order chi connectivity index (χ0) is 18.8. The minimum Gasteiger partial charge on any atom is -0.496 e. The van der Waals surface area contributed by atoms with Crippen molar-refractivity contribution in [3.05, 3.63) is 47.5 Å². The smallest absolute Gasteiger partial charge is 0.227 e. The molecule has 2 aliphatic rings. The highest BCUT2D eigenvalue weighted by Crippen LogP contribution is 2.25. The number of likely N-dealkylation sites (tertiary alicyclic amines) is 1. The van der Waals surface area contributed by atoms with E-state index in [1.54, 1.807) is 6.07 Å². The summed E-state index contributed by atoms with van der Waals surface area (Å²) in [6.45, 7) is 4.35. The molecular weight excluding hydrogens is 347 g/mol. The van der Waals surface area contributed by atoms with Crippen LogP contribution in [0.2, 0.25) is 0 Å². The highest BCUT2D eigenvalue weighted by atomic mass is 19.1. The number of ether oxygens (including phenoxy) is 1. The van der Waals surface area contributed by atoms with Crippen molar-refractivity contribution in [2.45, 2.75) is 31.8 Å². The number of amides is 1. The number of hydrogen-bond donors (Lipinski definition) is 0. The summed E-state index contributed by atoms with van der Waals surface area (Å²) >= 11 is 0. The molecule has 0 radical (unpaired) electrons. The van der Waals surface area contributed by atoms with Crippen molar-refractivity contribution in [3.63, 3.8) is 0 Å². The van der Waals surface area contributed by atoms with E-state index in [0.717, 1.165) is 25.3 Å². The van der Waals surface area contributed by atoms with E-state index in [0.29, 0.717) is 24.4 Å². The number of nitrogens with zero attached hydrogens (tertiary/aromatic N) is 4. The van der Waals surface area contributed by atoms with Gasteiger partial charge in [0.05, 0.1) is 31.8 Å². The molecule has 1 aromatic carbocycles. The van der Waals surface area contributed by atoms with E-state index in [2.05, 4.69) is 14.7 Å². The van der Waals surface area contributed by atoms with Gasteiger partial charge in [-0.3, -0.25) is 9.48 Å². The molecule has 2 aromatic rings. The van der Waals surface area contributed by atoms with Gasteiger partial charge in [-0.25, -0.2) is 4.39 Å². The van der Waals surface area contributed by atoms with Crippen LogP contribution < -0.4 is 4.74 Å².